The lowest BCUT2D eigenvalue weighted by Crippen LogP contribution is -2.31. The molecule has 0 saturated carbocycles. The smallest absolute Gasteiger partial charge is 0.239 e. The Morgan fingerprint density at radius 3 is 2.72 bits per heavy atom. The van der Waals surface area contributed by atoms with E-state index in [1.165, 1.54) is 0 Å². The van der Waals surface area contributed by atoms with E-state index in [9.17, 15) is 4.79 Å². The SMILES string of the molecule is CCCNC(=O)CNc1c(N)c(C)nn1C(C)C. The van der Waals surface area contributed by atoms with Crippen LogP contribution in [0.5, 0.6) is 0 Å². The fourth-order valence-electron chi connectivity index (χ4n) is 1.60. The van der Waals surface area contributed by atoms with Gasteiger partial charge in [0.05, 0.1) is 17.9 Å². The van der Waals surface area contributed by atoms with Gasteiger partial charge in [0, 0.05) is 12.6 Å². The van der Waals surface area contributed by atoms with Crippen molar-refractivity contribution in [3.63, 3.8) is 0 Å². The Morgan fingerprint density at radius 2 is 2.17 bits per heavy atom. The van der Waals surface area contributed by atoms with Gasteiger partial charge in [0.2, 0.25) is 5.91 Å². The molecule has 1 aromatic heterocycles. The van der Waals surface area contributed by atoms with Gasteiger partial charge in [-0.2, -0.15) is 5.10 Å². The minimum atomic E-state index is -0.0367. The number of nitrogens with one attached hydrogen (secondary N) is 2. The third-order valence-electron chi connectivity index (χ3n) is 2.61. The molecule has 0 fully saturated rings. The summed E-state index contributed by atoms with van der Waals surface area (Å²) in [5.74, 6) is 0.680. The van der Waals surface area contributed by atoms with Crippen molar-refractivity contribution >= 4 is 17.4 Å². The van der Waals surface area contributed by atoms with Crippen molar-refractivity contribution in [2.45, 2.75) is 40.2 Å². The minimum absolute atomic E-state index is 0.0367. The van der Waals surface area contributed by atoms with E-state index in [0.29, 0.717) is 18.1 Å². The Hall–Kier alpha value is -1.72. The van der Waals surface area contributed by atoms with Gasteiger partial charge in [-0.15, -0.1) is 0 Å². The largest absolute Gasteiger partial charge is 0.394 e. The predicted octanol–water partition coefficient (Wildman–Crippen LogP) is 1.29. The second kappa shape index (κ2) is 6.28. The van der Waals surface area contributed by atoms with E-state index < -0.39 is 0 Å². The fourth-order valence-corrected chi connectivity index (χ4v) is 1.60. The molecule has 102 valence electrons. The molecule has 0 radical (unpaired) electrons. The van der Waals surface area contributed by atoms with Crippen LogP contribution in [0.2, 0.25) is 0 Å². The molecule has 0 aliphatic rings. The zero-order valence-corrected chi connectivity index (χ0v) is 11.6. The lowest BCUT2D eigenvalue weighted by molar-refractivity contribution is -0.119. The number of anilines is 2. The molecule has 0 aromatic carbocycles. The summed E-state index contributed by atoms with van der Waals surface area (Å²) in [4.78, 5) is 11.5. The number of carbonyl (C=O) groups is 1. The first kappa shape index (κ1) is 14.3. The van der Waals surface area contributed by atoms with Crippen LogP contribution in [0.25, 0.3) is 0 Å². The molecule has 1 amide bonds. The normalized spacial score (nSPS) is 10.7. The lowest BCUT2D eigenvalue weighted by Gasteiger charge is -2.13. The van der Waals surface area contributed by atoms with Crippen LogP contribution >= 0.6 is 0 Å². The number of hydrogen-bond acceptors (Lipinski definition) is 4. The van der Waals surface area contributed by atoms with Gasteiger partial charge in [-0.05, 0) is 27.2 Å². The molecular weight excluding hydrogens is 230 g/mol. The number of rotatable bonds is 6. The standard InChI is InChI=1S/C12H23N5O/c1-5-6-14-10(18)7-15-12-11(13)9(4)16-17(12)8(2)3/h8,15H,5-7,13H2,1-4H3,(H,14,18). The summed E-state index contributed by atoms with van der Waals surface area (Å²) in [6.45, 7) is 8.82. The van der Waals surface area contributed by atoms with Crippen LogP contribution in [0.15, 0.2) is 0 Å². The molecule has 1 aromatic rings. The van der Waals surface area contributed by atoms with Crippen molar-refractivity contribution < 1.29 is 4.79 Å². The van der Waals surface area contributed by atoms with Crippen LogP contribution in [0, 0.1) is 6.92 Å². The Bertz CT molecular complexity index is 411. The zero-order valence-electron chi connectivity index (χ0n) is 11.6. The Kier molecular flexibility index (Phi) is 5.00. The average Bonchev–Trinajstić information content (AvgIpc) is 2.61. The summed E-state index contributed by atoms with van der Waals surface area (Å²) in [7, 11) is 0. The summed E-state index contributed by atoms with van der Waals surface area (Å²) in [6.07, 6.45) is 0.927. The van der Waals surface area contributed by atoms with Crippen molar-refractivity contribution in [1.82, 2.24) is 15.1 Å². The van der Waals surface area contributed by atoms with E-state index >= 15 is 0 Å². The van der Waals surface area contributed by atoms with Crippen LogP contribution in [-0.4, -0.2) is 28.8 Å². The lowest BCUT2D eigenvalue weighted by atomic mass is 10.3. The highest BCUT2D eigenvalue weighted by Gasteiger charge is 2.15. The topological polar surface area (TPSA) is 85.0 Å². The van der Waals surface area contributed by atoms with Crippen molar-refractivity contribution in [3.05, 3.63) is 5.69 Å². The predicted molar refractivity (Wildman–Crippen MR) is 73.6 cm³/mol. The maximum Gasteiger partial charge on any atom is 0.239 e. The highest BCUT2D eigenvalue weighted by atomic mass is 16.1. The second-order valence-corrected chi connectivity index (χ2v) is 4.59. The maximum atomic E-state index is 11.5. The molecule has 6 heteroatoms. The van der Waals surface area contributed by atoms with Crippen molar-refractivity contribution in [2.75, 3.05) is 24.1 Å². The number of carbonyl (C=O) groups excluding carboxylic acids is 1. The van der Waals surface area contributed by atoms with Gasteiger partial charge in [-0.25, -0.2) is 4.68 Å². The molecule has 0 bridgehead atoms. The van der Waals surface area contributed by atoms with E-state index in [1.807, 2.05) is 27.7 Å². The molecular formula is C12H23N5O. The van der Waals surface area contributed by atoms with Gasteiger partial charge in [0.15, 0.2) is 0 Å². The molecule has 0 saturated heterocycles. The molecule has 4 N–H and O–H groups in total. The van der Waals surface area contributed by atoms with Crippen LogP contribution in [-0.2, 0) is 4.79 Å². The highest BCUT2D eigenvalue weighted by Crippen LogP contribution is 2.25. The number of hydrogen-bond donors (Lipinski definition) is 3. The number of nitrogen functional groups attached to an aromatic ring is 1. The summed E-state index contributed by atoms with van der Waals surface area (Å²) in [5.41, 5.74) is 7.33. The van der Waals surface area contributed by atoms with Gasteiger partial charge >= 0.3 is 0 Å². The van der Waals surface area contributed by atoms with Crippen molar-refractivity contribution in [3.8, 4) is 0 Å². The van der Waals surface area contributed by atoms with Crippen molar-refractivity contribution in [1.29, 1.82) is 0 Å². The minimum Gasteiger partial charge on any atom is -0.394 e. The van der Waals surface area contributed by atoms with Crippen LogP contribution in [0.4, 0.5) is 11.5 Å². The van der Waals surface area contributed by atoms with Crippen LogP contribution in [0.3, 0.4) is 0 Å². The van der Waals surface area contributed by atoms with E-state index in [1.54, 1.807) is 4.68 Å². The van der Waals surface area contributed by atoms with Gasteiger partial charge in [0.1, 0.15) is 5.82 Å². The zero-order chi connectivity index (χ0) is 13.7. The third kappa shape index (κ3) is 3.38. The highest BCUT2D eigenvalue weighted by molar-refractivity contribution is 5.81. The number of amides is 1. The van der Waals surface area contributed by atoms with E-state index in [4.69, 9.17) is 5.73 Å². The van der Waals surface area contributed by atoms with E-state index in [2.05, 4.69) is 15.7 Å². The number of nitrogens with two attached hydrogens (primary N) is 1. The Labute approximate surface area is 108 Å². The van der Waals surface area contributed by atoms with Gasteiger partial charge in [0.25, 0.3) is 0 Å². The number of aromatic nitrogens is 2. The first-order valence-corrected chi connectivity index (χ1v) is 6.32. The van der Waals surface area contributed by atoms with Crippen molar-refractivity contribution in [2.24, 2.45) is 0 Å². The number of aryl methyl sites for hydroxylation is 1. The molecule has 1 rings (SSSR count). The second-order valence-electron chi connectivity index (χ2n) is 4.59. The molecule has 0 aliphatic heterocycles. The van der Waals surface area contributed by atoms with Gasteiger partial charge < -0.3 is 16.4 Å². The molecule has 0 aliphatic carbocycles. The average molecular weight is 253 g/mol. The third-order valence-corrected chi connectivity index (χ3v) is 2.61. The van der Waals surface area contributed by atoms with Gasteiger partial charge in [-0.3, -0.25) is 4.79 Å². The maximum absolute atomic E-state index is 11.5. The summed E-state index contributed by atoms with van der Waals surface area (Å²) < 4.78 is 1.80. The summed E-state index contributed by atoms with van der Waals surface area (Å²) in [6, 6.07) is 0.196. The monoisotopic (exact) mass is 253 g/mol. The molecule has 0 atom stereocenters. The first-order valence-electron chi connectivity index (χ1n) is 6.32. The van der Waals surface area contributed by atoms with E-state index in [-0.39, 0.29) is 18.5 Å². The summed E-state index contributed by atoms with van der Waals surface area (Å²) >= 11 is 0. The Balaban J connectivity index is 2.69. The molecule has 18 heavy (non-hydrogen) atoms. The molecule has 0 unspecified atom stereocenters. The molecule has 6 nitrogen and oxygen atoms in total. The number of nitrogens with zero attached hydrogens (tertiary/aromatic N) is 2. The first-order chi connectivity index (χ1) is 8.47. The fraction of sp³-hybridized carbons (Fsp3) is 0.667. The summed E-state index contributed by atoms with van der Waals surface area (Å²) in [5, 5.41) is 10.2. The quantitative estimate of drug-likeness (QED) is 0.713. The molecule has 1 heterocycles. The molecule has 0 spiro atoms. The van der Waals surface area contributed by atoms with Gasteiger partial charge in [-0.1, -0.05) is 6.92 Å². The van der Waals surface area contributed by atoms with Crippen LogP contribution in [0.1, 0.15) is 38.9 Å². The van der Waals surface area contributed by atoms with Crippen LogP contribution < -0.4 is 16.4 Å². The Morgan fingerprint density at radius 1 is 1.50 bits per heavy atom. The van der Waals surface area contributed by atoms with E-state index in [0.717, 1.165) is 12.1 Å².